The fourth-order valence-electron chi connectivity index (χ4n) is 1.83. The molecule has 1 heterocycles. The van der Waals surface area contributed by atoms with Crippen molar-refractivity contribution in [3.63, 3.8) is 0 Å². The maximum Gasteiger partial charge on any atom is 0.359 e. The summed E-state index contributed by atoms with van der Waals surface area (Å²) in [7, 11) is 0. The van der Waals surface area contributed by atoms with Gasteiger partial charge in [0.2, 0.25) is 0 Å². The first kappa shape index (κ1) is 10.8. The number of nitriles is 1. The van der Waals surface area contributed by atoms with E-state index in [-0.39, 0.29) is 12.3 Å². The number of aromatic amines is 1. The zero-order valence-corrected chi connectivity index (χ0v) is 9.64. The normalized spacial score (nSPS) is 16.2. The average Bonchev–Trinajstić information content (AvgIpc) is 3.07. The van der Waals surface area contributed by atoms with Crippen molar-refractivity contribution in [2.24, 2.45) is 5.41 Å². The Morgan fingerprint density at radius 2 is 2.28 bits per heavy atom. The minimum Gasteiger partial charge on any atom is -0.459 e. The summed E-state index contributed by atoms with van der Waals surface area (Å²) in [6, 6.07) is 9.55. The molecule has 0 radical (unpaired) electrons. The van der Waals surface area contributed by atoms with E-state index in [4.69, 9.17) is 10.00 Å². The van der Waals surface area contributed by atoms with Gasteiger partial charge in [0.25, 0.3) is 0 Å². The van der Waals surface area contributed by atoms with Crippen LogP contribution in [0.15, 0.2) is 24.3 Å². The summed E-state index contributed by atoms with van der Waals surface area (Å²) in [5.41, 5.74) is 0.632. The van der Waals surface area contributed by atoms with Gasteiger partial charge in [0.15, 0.2) is 5.69 Å². The van der Waals surface area contributed by atoms with Crippen LogP contribution in [0.3, 0.4) is 0 Å². The van der Waals surface area contributed by atoms with Crippen LogP contribution in [-0.2, 0) is 4.74 Å². The average molecular weight is 241 g/mol. The van der Waals surface area contributed by atoms with E-state index in [1.807, 2.05) is 24.3 Å². The lowest BCUT2D eigenvalue weighted by Crippen LogP contribution is -2.14. The molecule has 0 saturated heterocycles. The predicted octanol–water partition coefficient (Wildman–Crippen LogP) is 2.02. The fourth-order valence-corrected chi connectivity index (χ4v) is 1.83. The van der Waals surface area contributed by atoms with Gasteiger partial charge in [-0.2, -0.15) is 10.4 Å². The minimum atomic E-state index is -0.478. The molecule has 1 fully saturated rings. The van der Waals surface area contributed by atoms with Gasteiger partial charge in [-0.25, -0.2) is 4.79 Å². The van der Waals surface area contributed by atoms with E-state index in [2.05, 4.69) is 16.3 Å². The third-order valence-electron chi connectivity index (χ3n) is 3.23. The Morgan fingerprint density at radius 1 is 1.50 bits per heavy atom. The van der Waals surface area contributed by atoms with Crippen LogP contribution < -0.4 is 0 Å². The van der Waals surface area contributed by atoms with Crippen LogP contribution in [0.1, 0.15) is 23.3 Å². The summed E-state index contributed by atoms with van der Waals surface area (Å²) >= 11 is 0. The number of hydrogen-bond donors (Lipinski definition) is 1. The minimum absolute atomic E-state index is 0.156. The molecule has 3 rings (SSSR count). The van der Waals surface area contributed by atoms with Crippen LogP contribution >= 0.6 is 0 Å². The number of H-pyrrole nitrogens is 1. The van der Waals surface area contributed by atoms with Crippen molar-refractivity contribution in [3.05, 3.63) is 30.0 Å². The quantitative estimate of drug-likeness (QED) is 0.834. The Morgan fingerprint density at radius 3 is 3.00 bits per heavy atom. The maximum absolute atomic E-state index is 11.9. The standard InChI is InChI=1S/C13H11N3O2/c14-7-13(5-6-13)8-18-12(17)11-9-3-1-2-4-10(9)15-16-11/h1-4H,5-6,8H2,(H,15,16). The molecule has 90 valence electrons. The summed E-state index contributed by atoms with van der Waals surface area (Å²) in [4.78, 5) is 11.9. The molecular formula is C13H11N3O2. The lowest BCUT2D eigenvalue weighted by molar-refractivity contribution is 0.0449. The van der Waals surface area contributed by atoms with E-state index in [0.717, 1.165) is 23.7 Å². The molecule has 5 nitrogen and oxygen atoms in total. The first-order chi connectivity index (χ1) is 8.74. The Hall–Kier alpha value is -2.35. The Balaban J connectivity index is 1.78. The molecule has 5 heteroatoms. The van der Waals surface area contributed by atoms with E-state index < -0.39 is 11.4 Å². The number of ether oxygens (including phenoxy) is 1. The van der Waals surface area contributed by atoms with Gasteiger partial charge in [-0.1, -0.05) is 18.2 Å². The molecule has 0 bridgehead atoms. The van der Waals surface area contributed by atoms with Crippen molar-refractivity contribution < 1.29 is 9.53 Å². The fraction of sp³-hybridized carbons (Fsp3) is 0.308. The van der Waals surface area contributed by atoms with Crippen molar-refractivity contribution in [1.29, 1.82) is 5.26 Å². The van der Waals surface area contributed by atoms with E-state index in [1.165, 1.54) is 0 Å². The number of carbonyl (C=O) groups is 1. The molecule has 0 atom stereocenters. The summed E-state index contributed by atoms with van der Waals surface area (Å²) in [5.74, 6) is -0.478. The summed E-state index contributed by atoms with van der Waals surface area (Å²) < 4.78 is 5.17. The molecule has 0 unspecified atom stereocenters. The van der Waals surface area contributed by atoms with Crippen molar-refractivity contribution in [1.82, 2.24) is 10.2 Å². The lowest BCUT2D eigenvalue weighted by Gasteiger charge is -2.06. The molecule has 0 spiro atoms. The van der Waals surface area contributed by atoms with Gasteiger partial charge < -0.3 is 4.74 Å². The second kappa shape index (κ2) is 3.84. The topological polar surface area (TPSA) is 78.8 Å². The summed E-state index contributed by atoms with van der Waals surface area (Å²) in [6.45, 7) is 0.156. The molecule has 1 N–H and O–H groups in total. The number of nitrogens with one attached hydrogen (secondary N) is 1. The molecule has 1 aliphatic rings. The van der Waals surface area contributed by atoms with Crippen LogP contribution in [0.25, 0.3) is 10.9 Å². The lowest BCUT2D eigenvalue weighted by atomic mass is 10.1. The molecule has 2 aromatic rings. The SMILES string of the molecule is N#CC1(COC(=O)c2n[nH]c3ccccc23)CC1. The Kier molecular flexibility index (Phi) is 2.30. The molecule has 0 aliphatic heterocycles. The van der Waals surface area contributed by atoms with Crippen LogP contribution in [0.5, 0.6) is 0 Å². The number of carbonyl (C=O) groups excluding carboxylic acids is 1. The maximum atomic E-state index is 11.9. The number of nitrogens with zero attached hydrogens (tertiary/aromatic N) is 2. The number of para-hydroxylation sites is 1. The van der Waals surface area contributed by atoms with Crippen LogP contribution in [0, 0.1) is 16.7 Å². The number of hydrogen-bond acceptors (Lipinski definition) is 4. The smallest absolute Gasteiger partial charge is 0.359 e. The highest BCUT2D eigenvalue weighted by molar-refractivity contribution is 6.01. The second-order valence-corrected chi connectivity index (χ2v) is 4.59. The van der Waals surface area contributed by atoms with E-state index in [1.54, 1.807) is 0 Å². The highest BCUT2D eigenvalue weighted by atomic mass is 16.5. The van der Waals surface area contributed by atoms with Gasteiger partial charge in [-0.15, -0.1) is 0 Å². The number of aromatic nitrogens is 2. The zero-order valence-electron chi connectivity index (χ0n) is 9.64. The molecule has 1 aromatic carbocycles. The molecular weight excluding hydrogens is 230 g/mol. The van der Waals surface area contributed by atoms with Crippen LogP contribution in [0.4, 0.5) is 0 Å². The first-order valence-electron chi connectivity index (χ1n) is 5.76. The van der Waals surface area contributed by atoms with Gasteiger partial charge in [0.1, 0.15) is 6.61 Å². The highest BCUT2D eigenvalue weighted by Gasteiger charge is 2.44. The van der Waals surface area contributed by atoms with Gasteiger partial charge in [0, 0.05) is 5.39 Å². The third kappa shape index (κ3) is 1.72. The summed E-state index contributed by atoms with van der Waals surface area (Å²) in [6.07, 6.45) is 1.61. The van der Waals surface area contributed by atoms with Crippen LogP contribution in [-0.4, -0.2) is 22.8 Å². The first-order valence-corrected chi connectivity index (χ1v) is 5.76. The number of benzene rings is 1. The molecule has 0 amide bonds. The number of esters is 1. The zero-order chi connectivity index (χ0) is 12.6. The molecule has 1 saturated carbocycles. The molecule has 18 heavy (non-hydrogen) atoms. The molecule has 1 aromatic heterocycles. The predicted molar refractivity (Wildman–Crippen MR) is 63.7 cm³/mol. The Labute approximate surface area is 103 Å². The van der Waals surface area contributed by atoms with E-state index in [9.17, 15) is 4.79 Å². The number of fused-ring (bicyclic) bond motifs is 1. The second-order valence-electron chi connectivity index (χ2n) is 4.59. The summed E-state index contributed by atoms with van der Waals surface area (Å²) in [5, 5.41) is 16.4. The largest absolute Gasteiger partial charge is 0.459 e. The van der Waals surface area contributed by atoms with E-state index in [0.29, 0.717) is 0 Å². The van der Waals surface area contributed by atoms with Gasteiger partial charge in [-0.05, 0) is 18.9 Å². The third-order valence-corrected chi connectivity index (χ3v) is 3.23. The van der Waals surface area contributed by atoms with Crippen molar-refractivity contribution in [2.45, 2.75) is 12.8 Å². The Bertz CT molecular complexity index is 650. The van der Waals surface area contributed by atoms with Crippen molar-refractivity contribution >= 4 is 16.9 Å². The van der Waals surface area contributed by atoms with Crippen molar-refractivity contribution in [3.8, 4) is 6.07 Å². The van der Waals surface area contributed by atoms with Gasteiger partial charge >= 0.3 is 5.97 Å². The van der Waals surface area contributed by atoms with Crippen molar-refractivity contribution in [2.75, 3.05) is 6.61 Å². The monoisotopic (exact) mass is 241 g/mol. The number of rotatable bonds is 3. The highest BCUT2D eigenvalue weighted by Crippen LogP contribution is 2.45. The van der Waals surface area contributed by atoms with E-state index >= 15 is 0 Å². The van der Waals surface area contributed by atoms with Crippen LogP contribution in [0.2, 0.25) is 0 Å². The van der Waals surface area contributed by atoms with Gasteiger partial charge in [0.05, 0.1) is 17.0 Å². The molecule has 1 aliphatic carbocycles. The van der Waals surface area contributed by atoms with Gasteiger partial charge in [-0.3, -0.25) is 5.10 Å².